The Balaban J connectivity index is 3.70. The van der Waals surface area contributed by atoms with Gasteiger partial charge in [0.25, 0.3) is 5.91 Å². The second kappa shape index (κ2) is 7.76. The molecule has 0 aliphatic carbocycles. The second-order valence-electron chi connectivity index (χ2n) is 2.69. The minimum absolute atomic E-state index is 0.0613. The van der Waals surface area contributed by atoms with Crippen LogP contribution in [0.2, 0.25) is 0 Å². The first-order chi connectivity index (χ1) is 6.26. The predicted molar refractivity (Wildman–Crippen MR) is 54.1 cm³/mol. The molecule has 13 heavy (non-hydrogen) atoms. The molecule has 0 bridgehead atoms. The van der Waals surface area contributed by atoms with Crippen molar-refractivity contribution in [3.05, 3.63) is 12.7 Å². The fourth-order valence-corrected chi connectivity index (χ4v) is 0.961. The van der Waals surface area contributed by atoms with Crippen LogP contribution in [-0.4, -0.2) is 37.6 Å². The van der Waals surface area contributed by atoms with Gasteiger partial charge in [-0.1, -0.05) is 13.0 Å². The number of carbonyl (C=O) groups excluding carboxylic acids is 1. The first-order valence-electron chi connectivity index (χ1n) is 4.55. The Hall–Kier alpha value is -0.870. The van der Waals surface area contributed by atoms with E-state index in [2.05, 4.69) is 17.3 Å². The molecule has 0 aromatic carbocycles. The maximum atomic E-state index is 11.4. The number of hydrogen-bond donors (Lipinski definition) is 2. The Kier molecular flexibility index (Phi) is 7.24. The molecular weight excluding hydrogens is 166 g/mol. The molecule has 76 valence electrons. The first kappa shape index (κ1) is 12.1. The normalized spacial score (nSPS) is 9.69. The van der Waals surface area contributed by atoms with Crippen LogP contribution in [0.5, 0.6) is 0 Å². The zero-order chi connectivity index (χ0) is 10.1. The molecule has 1 amide bonds. The highest BCUT2D eigenvalue weighted by molar-refractivity contribution is 5.77. The van der Waals surface area contributed by atoms with Gasteiger partial charge in [-0.05, 0) is 6.42 Å². The summed E-state index contributed by atoms with van der Waals surface area (Å²) in [6.07, 6.45) is 2.69. The van der Waals surface area contributed by atoms with Crippen molar-refractivity contribution in [2.45, 2.75) is 13.3 Å². The summed E-state index contributed by atoms with van der Waals surface area (Å²) < 4.78 is 0. The Labute approximate surface area is 80.0 Å². The highest BCUT2D eigenvalue weighted by Gasteiger charge is 2.08. The van der Waals surface area contributed by atoms with E-state index in [-0.39, 0.29) is 5.91 Å². The maximum Gasteiger partial charge on any atom is 0.250 e. The molecule has 0 spiro atoms. The number of carbonyl (C=O) groups is 1. The van der Waals surface area contributed by atoms with E-state index in [1.807, 2.05) is 6.92 Å². The van der Waals surface area contributed by atoms with Gasteiger partial charge in [-0.2, -0.15) is 0 Å². The lowest BCUT2D eigenvalue weighted by molar-refractivity contribution is -0.132. The topological polar surface area (TPSA) is 44.4 Å². The van der Waals surface area contributed by atoms with Gasteiger partial charge in [-0.3, -0.25) is 9.80 Å². The Morgan fingerprint density at radius 2 is 2.31 bits per heavy atom. The lowest BCUT2D eigenvalue weighted by Crippen LogP contribution is -2.45. The second-order valence-corrected chi connectivity index (χ2v) is 2.69. The average molecular weight is 185 g/mol. The van der Waals surface area contributed by atoms with E-state index in [1.165, 1.54) is 0 Å². The van der Waals surface area contributed by atoms with Crippen LogP contribution in [0.3, 0.4) is 0 Å². The third kappa shape index (κ3) is 5.38. The number of amides is 1. The molecule has 0 radical (unpaired) electrons. The standard InChI is InChI=1S/C9H19N3O/c1-4-6-11-8-9(13)12(10-3)7-5-2/h4,10-11H,1,5-8H2,2-3H3. The van der Waals surface area contributed by atoms with Gasteiger partial charge in [0.1, 0.15) is 0 Å². The average Bonchev–Trinajstić information content (AvgIpc) is 2.14. The fourth-order valence-electron chi connectivity index (χ4n) is 0.961. The Morgan fingerprint density at radius 3 is 2.77 bits per heavy atom. The third-order valence-electron chi connectivity index (χ3n) is 1.58. The van der Waals surface area contributed by atoms with Crippen LogP contribution in [0, 0.1) is 0 Å². The van der Waals surface area contributed by atoms with Crippen molar-refractivity contribution in [2.75, 3.05) is 26.7 Å². The fraction of sp³-hybridized carbons (Fsp3) is 0.667. The molecule has 0 aliphatic heterocycles. The van der Waals surface area contributed by atoms with Gasteiger partial charge in [0, 0.05) is 20.1 Å². The highest BCUT2D eigenvalue weighted by Crippen LogP contribution is 1.86. The van der Waals surface area contributed by atoms with Crippen LogP contribution in [0.1, 0.15) is 13.3 Å². The van der Waals surface area contributed by atoms with Crippen LogP contribution in [0.4, 0.5) is 0 Å². The Morgan fingerprint density at radius 1 is 1.62 bits per heavy atom. The van der Waals surface area contributed by atoms with E-state index in [4.69, 9.17) is 0 Å². The molecule has 0 aliphatic rings. The van der Waals surface area contributed by atoms with Crippen LogP contribution in [-0.2, 0) is 4.79 Å². The van der Waals surface area contributed by atoms with Crippen molar-refractivity contribution in [3.63, 3.8) is 0 Å². The lowest BCUT2D eigenvalue weighted by Gasteiger charge is -2.20. The monoisotopic (exact) mass is 185 g/mol. The molecule has 4 nitrogen and oxygen atoms in total. The summed E-state index contributed by atoms with van der Waals surface area (Å²) in [5, 5.41) is 4.57. The van der Waals surface area contributed by atoms with E-state index in [0.717, 1.165) is 13.0 Å². The summed E-state index contributed by atoms with van der Waals surface area (Å²) in [5.41, 5.74) is 2.85. The van der Waals surface area contributed by atoms with Gasteiger partial charge in [0.2, 0.25) is 0 Å². The number of hydrazine groups is 1. The number of rotatable bonds is 7. The van der Waals surface area contributed by atoms with Gasteiger partial charge in [0.15, 0.2) is 0 Å². The van der Waals surface area contributed by atoms with Crippen molar-refractivity contribution in [3.8, 4) is 0 Å². The van der Waals surface area contributed by atoms with Crippen molar-refractivity contribution in [1.82, 2.24) is 15.8 Å². The van der Waals surface area contributed by atoms with E-state index in [1.54, 1.807) is 18.1 Å². The Bertz CT molecular complexity index is 159. The molecule has 2 N–H and O–H groups in total. The molecule has 0 fully saturated rings. The lowest BCUT2D eigenvalue weighted by atomic mass is 10.4. The maximum absolute atomic E-state index is 11.4. The molecule has 0 saturated carbocycles. The molecule has 0 unspecified atom stereocenters. The van der Waals surface area contributed by atoms with Crippen molar-refractivity contribution in [1.29, 1.82) is 0 Å². The van der Waals surface area contributed by atoms with Gasteiger partial charge in [0.05, 0.1) is 6.54 Å². The van der Waals surface area contributed by atoms with E-state index < -0.39 is 0 Å². The van der Waals surface area contributed by atoms with Crippen LogP contribution in [0.25, 0.3) is 0 Å². The quantitative estimate of drug-likeness (QED) is 0.337. The van der Waals surface area contributed by atoms with Gasteiger partial charge in [-0.25, -0.2) is 5.43 Å². The van der Waals surface area contributed by atoms with Crippen molar-refractivity contribution >= 4 is 5.91 Å². The number of nitrogens with zero attached hydrogens (tertiary/aromatic N) is 1. The molecule has 0 atom stereocenters. The summed E-state index contributed by atoms with van der Waals surface area (Å²) in [4.78, 5) is 11.4. The number of hydrogen-bond acceptors (Lipinski definition) is 3. The van der Waals surface area contributed by atoms with Gasteiger partial charge in [-0.15, -0.1) is 6.58 Å². The van der Waals surface area contributed by atoms with Crippen molar-refractivity contribution < 1.29 is 4.79 Å². The van der Waals surface area contributed by atoms with Gasteiger partial charge < -0.3 is 5.32 Å². The summed E-state index contributed by atoms with van der Waals surface area (Å²) in [6, 6.07) is 0. The van der Waals surface area contributed by atoms with E-state index in [0.29, 0.717) is 13.1 Å². The molecule has 0 aromatic heterocycles. The first-order valence-corrected chi connectivity index (χ1v) is 4.55. The smallest absolute Gasteiger partial charge is 0.250 e. The molecule has 0 heterocycles. The molecule has 4 heteroatoms. The van der Waals surface area contributed by atoms with Crippen molar-refractivity contribution in [2.24, 2.45) is 0 Å². The summed E-state index contributed by atoms with van der Waals surface area (Å²) in [6.45, 7) is 7.35. The molecular formula is C9H19N3O. The third-order valence-corrected chi connectivity index (χ3v) is 1.58. The molecule has 0 saturated heterocycles. The minimum Gasteiger partial charge on any atom is -0.305 e. The minimum atomic E-state index is 0.0613. The SMILES string of the molecule is C=CCNCC(=O)N(CCC)NC. The molecule has 0 aromatic rings. The van der Waals surface area contributed by atoms with Crippen LogP contribution in [0.15, 0.2) is 12.7 Å². The van der Waals surface area contributed by atoms with E-state index >= 15 is 0 Å². The summed E-state index contributed by atoms with van der Waals surface area (Å²) in [5.74, 6) is 0.0613. The van der Waals surface area contributed by atoms with Crippen LogP contribution < -0.4 is 10.7 Å². The summed E-state index contributed by atoms with van der Waals surface area (Å²) in [7, 11) is 1.75. The largest absolute Gasteiger partial charge is 0.305 e. The van der Waals surface area contributed by atoms with E-state index in [9.17, 15) is 4.79 Å². The zero-order valence-electron chi connectivity index (χ0n) is 8.47. The zero-order valence-corrected chi connectivity index (χ0v) is 8.47. The predicted octanol–water partition coefficient (Wildman–Crippen LogP) is 0.135. The number of nitrogens with one attached hydrogen (secondary N) is 2. The molecule has 0 rings (SSSR count). The van der Waals surface area contributed by atoms with Gasteiger partial charge >= 0.3 is 0 Å². The summed E-state index contributed by atoms with van der Waals surface area (Å²) >= 11 is 0. The van der Waals surface area contributed by atoms with Crippen LogP contribution >= 0.6 is 0 Å². The highest BCUT2D eigenvalue weighted by atomic mass is 16.2.